The molecule has 0 spiro atoms. The van der Waals surface area contributed by atoms with Crippen molar-refractivity contribution in [3.8, 4) is 0 Å². The monoisotopic (exact) mass is 353 g/mol. The zero-order valence-electron chi connectivity index (χ0n) is 13.3. The molecule has 2 atom stereocenters. The number of fused-ring (bicyclic) bond motifs is 1. The van der Waals surface area contributed by atoms with Gasteiger partial charge in [0.05, 0.1) is 23.3 Å². The Morgan fingerprint density at radius 1 is 1.43 bits per heavy atom. The van der Waals surface area contributed by atoms with Crippen molar-refractivity contribution < 1.29 is 9.53 Å². The molecule has 1 amide bonds. The van der Waals surface area contributed by atoms with Crippen LogP contribution in [0.2, 0.25) is 0 Å². The number of amides is 1. The molecule has 2 aromatic rings. The van der Waals surface area contributed by atoms with Crippen molar-refractivity contribution in [1.82, 2.24) is 14.5 Å². The Hall–Kier alpha value is -1.38. The summed E-state index contributed by atoms with van der Waals surface area (Å²) in [4.78, 5) is 31.7. The van der Waals surface area contributed by atoms with E-state index < -0.39 is 0 Å². The summed E-state index contributed by atoms with van der Waals surface area (Å²) in [6.45, 7) is 5.16. The summed E-state index contributed by atoms with van der Waals surface area (Å²) < 4.78 is 7.16. The van der Waals surface area contributed by atoms with Crippen LogP contribution in [-0.4, -0.2) is 51.4 Å². The van der Waals surface area contributed by atoms with Gasteiger partial charge >= 0.3 is 0 Å². The molecule has 0 saturated carbocycles. The molecular formula is C15H19N3O3S2. The standard InChI is InChI=1S/C15H19N3O3S2/c1-9-6-18(7-10(2)21-9)12(19)8-23-15-16-13-11(4-5-22-13)14(20)17(15)3/h4-5,9-10H,6-8H2,1-3H3. The second-order valence-corrected chi connectivity index (χ2v) is 7.58. The van der Waals surface area contributed by atoms with E-state index in [9.17, 15) is 9.59 Å². The Labute approximate surface area is 142 Å². The van der Waals surface area contributed by atoms with Crippen LogP contribution in [0, 0.1) is 0 Å². The molecule has 2 aromatic heterocycles. The van der Waals surface area contributed by atoms with Crippen LogP contribution in [0.25, 0.3) is 10.2 Å². The summed E-state index contributed by atoms with van der Waals surface area (Å²) in [6, 6.07) is 1.78. The fourth-order valence-electron chi connectivity index (χ4n) is 2.71. The minimum Gasteiger partial charge on any atom is -0.372 e. The largest absolute Gasteiger partial charge is 0.372 e. The fourth-order valence-corrected chi connectivity index (χ4v) is 4.39. The molecule has 3 heterocycles. The van der Waals surface area contributed by atoms with Gasteiger partial charge in [-0.3, -0.25) is 14.2 Å². The number of rotatable bonds is 3. The summed E-state index contributed by atoms with van der Waals surface area (Å²) in [5.41, 5.74) is -0.0696. The van der Waals surface area contributed by atoms with Gasteiger partial charge in [0.15, 0.2) is 5.16 Å². The molecule has 1 aliphatic heterocycles. The maximum atomic E-state index is 12.4. The van der Waals surface area contributed by atoms with Crippen LogP contribution in [0.15, 0.2) is 21.4 Å². The molecule has 0 bridgehead atoms. The normalized spacial score (nSPS) is 21.8. The molecule has 0 N–H and O–H groups in total. The fraction of sp³-hybridized carbons (Fsp3) is 0.533. The van der Waals surface area contributed by atoms with Gasteiger partial charge in [-0.25, -0.2) is 4.98 Å². The minimum atomic E-state index is -0.0696. The third kappa shape index (κ3) is 3.44. The highest BCUT2D eigenvalue weighted by Crippen LogP contribution is 2.21. The number of hydrogen-bond acceptors (Lipinski definition) is 6. The Bertz CT molecular complexity index is 776. The number of thiophene rings is 1. The van der Waals surface area contributed by atoms with Gasteiger partial charge in [0.25, 0.3) is 5.56 Å². The number of ether oxygens (including phenoxy) is 1. The predicted octanol–water partition coefficient (Wildman–Crippen LogP) is 1.72. The van der Waals surface area contributed by atoms with Crippen molar-refractivity contribution in [1.29, 1.82) is 0 Å². The highest BCUT2D eigenvalue weighted by Gasteiger charge is 2.26. The number of aromatic nitrogens is 2. The number of morpholine rings is 1. The Morgan fingerprint density at radius 2 is 2.13 bits per heavy atom. The molecule has 8 heteroatoms. The lowest BCUT2D eigenvalue weighted by Gasteiger charge is -2.35. The molecule has 0 radical (unpaired) electrons. The zero-order valence-corrected chi connectivity index (χ0v) is 14.9. The third-order valence-electron chi connectivity index (χ3n) is 3.76. The quantitative estimate of drug-likeness (QED) is 0.621. The van der Waals surface area contributed by atoms with E-state index in [4.69, 9.17) is 4.74 Å². The van der Waals surface area contributed by atoms with Crippen molar-refractivity contribution in [2.45, 2.75) is 31.2 Å². The number of carbonyl (C=O) groups excluding carboxylic acids is 1. The average molecular weight is 353 g/mol. The second kappa shape index (κ2) is 6.62. The minimum absolute atomic E-state index is 0.0533. The molecular weight excluding hydrogens is 334 g/mol. The smallest absolute Gasteiger partial charge is 0.262 e. The van der Waals surface area contributed by atoms with E-state index in [-0.39, 0.29) is 29.4 Å². The van der Waals surface area contributed by atoms with Crippen molar-refractivity contribution >= 4 is 39.2 Å². The topological polar surface area (TPSA) is 64.4 Å². The van der Waals surface area contributed by atoms with Crippen LogP contribution >= 0.6 is 23.1 Å². The van der Waals surface area contributed by atoms with E-state index in [2.05, 4.69) is 4.98 Å². The molecule has 1 saturated heterocycles. The predicted molar refractivity (Wildman–Crippen MR) is 92.2 cm³/mol. The summed E-state index contributed by atoms with van der Waals surface area (Å²) in [6.07, 6.45) is 0.107. The van der Waals surface area contributed by atoms with Crippen molar-refractivity contribution in [3.05, 3.63) is 21.8 Å². The number of nitrogens with zero attached hydrogens (tertiary/aromatic N) is 3. The van der Waals surface area contributed by atoms with E-state index >= 15 is 0 Å². The van der Waals surface area contributed by atoms with Crippen molar-refractivity contribution in [2.24, 2.45) is 7.05 Å². The van der Waals surface area contributed by atoms with Gasteiger partial charge in [0, 0.05) is 20.1 Å². The lowest BCUT2D eigenvalue weighted by Crippen LogP contribution is -2.48. The summed E-state index contributed by atoms with van der Waals surface area (Å²) in [5, 5.41) is 3.06. The number of hydrogen-bond donors (Lipinski definition) is 0. The molecule has 6 nitrogen and oxygen atoms in total. The van der Waals surface area contributed by atoms with Gasteiger partial charge in [0.1, 0.15) is 4.83 Å². The lowest BCUT2D eigenvalue weighted by molar-refractivity contribution is -0.140. The van der Waals surface area contributed by atoms with Crippen molar-refractivity contribution in [2.75, 3.05) is 18.8 Å². The Kier molecular flexibility index (Phi) is 4.74. The first-order valence-corrected chi connectivity index (χ1v) is 9.32. The molecule has 1 fully saturated rings. The molecule has 2 unspecified atom stereocenters. The Morgan fingerprint density at radius 3 is 2.83 bits per heavy atom. The van der Waals surface area contributed by atoms with Crippen LogP contribution in [0.1, 0.15) is 13.8 Å². The number of thioether (sulfide) groups is 1. The highest BCUT2D eigenvalue weighted by atomic mass is 32.2. The van der Waals surface area contributed by atoms with Gasteiger partial charge in [-0.05, 0) is 25.3 Å². The molecule has 3 rings (SSSR count). The highest BCUT2D eigenvalue weighted by molar-refractivity contribution is 7.99. The molecule has 23 heavy (non-hydrogen) atoms. The van der Waals surface area contributed by atoms with E-state index in [1.165, 1.54) is 27.7 Å². The van der Waals surface area contributed by atoms with Crippen LogP contribution < -0.4 is 5.56 Å². The first-order valence-electron chi connectivity index (χ1n) is 7.46. The van der Waals surface area contributed by atoms with Crippen molar-refractivity contribution in [3.63, 3.8) is 0 Å². The molecule has 0 aromatic carbocycles. The number of carbonyl (C=O) groups is 1. The average Bonchev–Trinajstić information content (AvgIpc) is 2.96. The van der Waals surface area contributed by atoms with Gasteiger partial charge < -0.3 is 9.64 Å². The van der Waals surface area contributed by atoms with E-state index in [1.807, 2.05) is 24.1 Å². The van der Waals surface area contributed by atoms with Gasteiger partial charge in [-0.15, -0.1) is 11.3 Å². The lowest BCUT2D eigenvalue weighted by atomic mass is 10.2. The van der Waals surface area contributed by atoms with Crippen LogP contribution in [0.3, 0.4) is 0 Å². The third-order valence-corrected chi connectivity index (χ3v) is 5.58. The summed E-state index contributed by atoms with van der Waals surface area (Å²) in [5.74, 6) is 0.328. The summed E-state index contributed by atoms with van der Waals surface area (Å²) >= 11 is 2.75. The molecule has 1 aliphatic rings. The van der Waals surface area contributed by atoms with E-state index in [0.29, 0.717) is 23.6 Å². The first kappa shape index (κ1) is 16.5. The second-order valence-electron chi connectivity index (χ2n) is 5.74. The van der Waals surface area contributed by atoms with Gasteiger partial charge in [-0.1, -0.05) is 11.8 Å². The summed E-state index contributed by atoms with van der Waals surface area (Å²) in [7, 11) is 1.69. The SMILES string of the molecule is CC1CN(C(=O)CSc2nc3sccc3c(=O)n2C)CC(C)O1. The van der Waals surface area contributed by atoms with Gasteiger partial charge in [0.2, 0.25) is 5.91 Å². The van der Waals surface area contributed by atoms with Crippen LogP contribution in [-0.2, 0) is 16.6 Å². The van der Waals surface area contributed by atoms with Gasteiger partial charge in [-0.2, -0.15) is 0 Å². The maximum absolute atomic E-state index is 12.4. The maximum Gasteiger partial charge on any atom is 0.262 e. The molecule has 0 aliphatic carbocycles. The molecule has 124 valence electrons. The first-order chi connectivity index (χ1) is 11.0. The van der Waals surface area contributed by atoms with E-state index in [0.717, 1.165) is 4.83 Å². The van der Waals surface area contributed by atoms with Crippen LogP contribution in [0.4, 0.5) is 0 Å². The zero-order chi connectivity index (χ0) is 16.6. The Balaban J connectivity index is 1.72. The van der Waals surface area contributed by atoms with E-state index in [1.54, 1.807) is 13.1 Å². The van der Waals surface area contributed by atoms with Crippen LogP contribution in [0.5, 0.6) is 0 Å².